The molecule has 0 spiro atoms. The van der Waals surface area contributed by atoms with E-state index in [2.05, 4.69) is 10.2 Å². The molecule has 1 aromatic heterocycles. The van der Waals surface area contributed by atoms with Crippen LogP contribution in [-0.2, 0) is 4.74 Å². The van der Waals surface area contributed by atoms with Crippen molar-refractivity contribution in [2.24, 2.45) is 0 Å². The van der Waals surface area contributed by atoms with Crippen LogP contribution in [0.4, 0.5) is 0 Å². The van der Waals surface area contributed by atoms with Crippen molar-refractivity contribution in [3.05, 3.63) is 54.4 Å². The number of carbonyl (C=O) groups excluding carboxylic acids is 1. The molecule has 5 nitrogen and oxygen atoms in total. The maximum atomic E-state index is 12.3. The first-order valence-electron chi connectivity index (χ1n) is 8.67. The third-order valence-electron chi connectivity index (χ3n) is 4.98. The summed E-state index contributed by atoms with van der Waals surface area (Å²) in [7, 11) is 0. The number of ether oxygens (including phenoxy) is 1. The van der Waals surface area contributed by atoms with Gasteiger partial charge in [-0.15, -0.1) is 0 Å². The first-order chi connectivity index (χ1) is 11.8. The van der Waals surface area contributed by atoms with E-state index in [1.54, 1.807) is 0 Å². The van der Waals surface area contributed by atoms with Gasteiger partial charge >= 0.3 is 0 Å². The molecule has 2 atom stereocenters. The molecule has 2 fully saturated rings. The zero-order chi connectivity index (χ0) is 16.4. The second-order valence-corrected chi connectivity index (χ2v) is 6.59. The van der Waals surface area contributed by atoms with Gasteiger partial charge in [-0.25, -0.2) is 0 Å². The standard InChI is InChI=1S/C19H23N3O2/c23-19(15-5-7-16(8-6-15)21-9-1-2-10-21)20-12-18-13-22-11-3-4-17(22)14-24-18/h1-2,5-10,17-18H,3-4,11-14H2,(H,20,23)/t17-,18-/m0/s1. The second-order valence-electron chi connectivity index (χ2n) is 6.59. The van der Waals surface area contributed by atoms with Crippen LogP contribution in [0.3, 0.4) is 0 Å². The lowest BCUT2D eigenvalue weighted by atomic mass is 10.1. The summed E-state index contributed by atoms with van der Waals surface area (Å²) in [5.74, 6) is -0.0406. The Hall–Kier alpha value is -2.11. The van der Waals surface area contributed by atoms with Gasteiger partial charge in [0.25, 0.3) is 5.91 Å². The molecule has 2 aliphatic rings. The van der Waals surface area contributed by atoms with Crippen molar-refractivity contribution >= 4 is 5.91 Å². The number of nitrogens with zero attached hydrogens (tertiary/aromatic N) is 2. The molecule has 126 valence electrons. The van der Waals surface area contributed by atoms with Crippen LogP contribution < -0.4 is 5.32 Å². The molecule has 0 radical (unpaired) electrons. The number of morpholine rings is 1. The molecule has 2 aliphatic heterocycles. The highest BCUT2D eigenvalue weighted by Crippen LogP contribution is 2.22. The van der Waals surface area contributed by atoms with Gasteiger partial charge in [0.2, 0.25) is 0 Å². The number of aromatic nitrogens is 1. The van der Waals surface area contributed by atoms with E-state index < -0.39 is 0 Å². The second kappa shape index (κ2) is 6.79. The number of benzene rings is 1. The predicted molar refractivity (Wildman–Crippen MR) is 92.4 cm³/mol. The quantitative estimate of drug-likeness (QED) is 0.936. The Morgan fingerprint density at radius 1 is 1.21 bits per heavy atom. The maximum Gasteiger partial charge on any atom is 0.251 e. The van der Waals surface area contributed by atoms with Crippen LogP contribution in [0.25, 0.3) is 5.69 Å². The molecule has 4 rings (SSSR count). The lowest BCUT2D eigenvalue weighted by Gasteiger charge is -2.35. The number of hydrogen-bond donors (Lipinski definition) is 1. The number of fused-ring (bicyclic) bond motifs is 1. The van der Waals surface area contributed by atoms with E-state index in [0.29, 0.717) is 18.2 Å². The first-order valence-corrected chi connectivity index (χ1v) is 8.67. The molecule has 2 aromatic rings. The van der Waals surface area contributed by atoms with Crippen LogP contribution in [0, 0.1) is 0 Å². The fourth-order valence-electron chi connectivity index (χ4n) is 3.61. The van der Waals surface area contributed by atoms with Gasteiger partial charge in [0.1, 0.15) is 0 Å². The summed E-state index contributed by atoms with van der Waals surface area (Å²) in [6, 6.07) is 12.2. The van der Waals surface area contributed by atoms with Crippen LogP contribution in [-0.4, -0.2) is 53.8 Å². The average molecular weight is 325 g/mol. The van der Waals surface area contributed by atoms with Crippen molar-refractivity contribution in [2.45, 2.75) is 25.0 Å². The lowest BCUT2D eigenvalue weighted by molar-refractivity contribution is -0.0461. The van der Waals surface area contributed by atoms with E-state index in [-0.39, 0.29) is 12.0 Å². The zero-order valence-corrected chi connectivity index (χ0v) is 13.7. The minimum absolute atomic E-state index is 0.0406. The van der Waals surface area contributed by atoms with Gasteiger partial charge in [-0.2, -0.15) is 0 Å². The van der Waals surface area contributed by atoms with E-state index in [1.165, 1.54) is 19.4 Å². The molecule has 24 heavy (non-hydrogen) atoms. The molecular weight excluding hydrogens is 302 g/mol. The Balaban J connectivity index is 1.31. The fourth-order valence-corrected chi connectivity index (χ4v) is 3.61. The van der Waals surface area contributed by atoms with Crippen molar-refractivity contribution in [1.82, 2.24) is 14.8 Å². The number of nitrogens with one attached hydrogen (secondary N) is 1. The van der Waals surface area contributed by atoms with E-state index >= 15 is 0 Å². The molecule has 3 heterocycles. The van der Waals surface area contributed by atoms with Gasteiger partial charge < -0.3 is 14.6 Å². The van der Waals surface area contributed by atoms with Crippen molar-refractivity contribution in [3.63, 3.8) is 0 Å². The summed E-state index contributed by atoms with van der Waals surface area (Å²) < 4.78 is 7.90. The molecule has 0 unspecified atom stereocenters. The third kappa shape index (κ3) is 3.23. The Kier molecular flexibility index (Phi) is 4.36. The van der Waals surface area contributed by atoms with Crippen molar-refractivity contribution in [1.29, 1.82) is 0 Å². The SMILES string of the molecule is O=C(NC[C@H]1CN2CCC[C@H]2CO1)c1ccc(-n2cccc2)cc1. The van der Waals surface area contributed by atoms with E-state index in [0.717, 1.165) is 18.8 Å². The number of hydrogen-bond acceptors (Lipinski definition) is 3. The Morgan fingerprint density at radius 2 is 2.00 bits per heavy atom. The molecule has 0 bridgehead atoms. The van der Waals surface area contributed by atoms with E-state index in [1.807, 2.05) is 53.4 Å². The Bertz CT molecular complexity index is 681. The van der Waals surface area contributed by atoms with Crippen LogP contribution in [0.15, 0.2) is 48.8 Å². The van der Waals surface area contributed by atoms with Crippen molar-refractivity contribution in [3.8, 4) is 5.69 Å². The van der Waals surface area contributed by atoms with E-state index in [4.69, 9.17) is 4.74 Å². The molecule has 1 amide bonds. The molecule has 1 aromatic carbocycles. The van der Waals surface area contributed by atoms with Crippen molar-refractivity contribution < 1.29 is 9.53 Å². The minimum Gasteiger partial charge on any atom is -0.373 e. The third-order valence-corrected chi connectivity index (χ3v) is 4.98. The van der Waals surface area contributed by atoms with Gasteiger partial charge in [-0.05, 0) is 55.8 Å². The summed E-state index contributed by atoms with van der Waals surface area (Å²) >= 11 is 0. The largest absolute Gasteiger partial charge is 0.373 e. The molecule has 5 heteroatoms. The molecule has 2 saturated heterocycles. The summed E-state index contributed by atoms with van der Waals surface area (Å²) in [5.41, 5.74) is 1.73. The fraction of sp³-hybridized carbons (Fsp3) is 0.421. The smallest absolute Gasteiger partial charge is 0.251 e. The molecule has 0 aliphatic carbocycles. The highest BCUT2D eigenvalue weighted by Gasteiger charge is 2.32. The van der Waals surface area contributed by atoms with Gasteiger partial charge in [0, 0.05) is 42.8 Å². The minimum atomic E-state index is -0.0406. The highest BCUT2D eigenvalue weighted by molar-refractivity contribution is 5.94. The van der Waals surface area contributed by atoms with Gasteiger partial charge in [-0.3, -0.25) is 9.69 Å². The molecular formula is C19H23N3O2. The average Bonchev–Trinajstić information content (AvgIpc) is 3.31. The van der Waals surface area contributed by atoms with Crippen LogP contribution in [0.2, 0.25) is 0 Å². The summed E-state index contributed by atoms with van der Waals surface area (Å²) in [5, 5.41) is 3.01. The zero-order valence-electron chi connectivity index (χ0n) is 13.7. The predicted octanol–water partition coefficient (Wildman–Crippen LogP) is 2.07. The maximum absolute atomic E-state index is 12.3. The topological polar surface area (TPSA) is 46.5 Å². The summed E-state index contributed by atoms with van der Waals surface area (Å²) in [6.45, 7) is 3.46. The lowest BCUT2D eigenvalue weighted by Crippen LogP contribution is -2.50. The molecule has 1 N–H and O–H groups in total. The molecule has 0 saturated carbocycles. The van der Waals surface area contributed by atoms with Crippen molar-refractivity contribution in [2.75, 3.05) is 26.2 Å². The van der Waals surface area contributed by atoms with Crippen LogP contribution in [0.5, 0.6) is 0 Å². The summed E-state index contributed by atoms with van der Waals surface area (Å²) in [6.07, 6.45) is 6.58. The van der Waals surface area contributed by atoms with Crippen LogP contribution >= 0.6 is 0 Å². The number of amides is 1. The number of rotatable bonds is 4. The van der Waals surface area contributed by atoms with Gasteiger partial charge in [0.05, 0.1) is 12.7 Å². The van der Waals surface area contributed by atoms with Gasteiger partial charge in [0.15, 0.2) is 0 Å². The van der Waals surface area contributed by atoms with Gasteiger partial charge in [-0.1, -0.05) is 0 Å². The monoisotopic (exact) mass is 325 g/mol. The Morgan fingerprint density at radius 3 is 2.79 bits per heavy atom. The first kappa shape index (κ1) is 15.4. The highest BCUT2D eigenvalue weighted by atomic mass is 16.5. The van der Waals surface area contributed by atoms with Crippen LogP contribution in [0.1, 0.15) is 23.2 Å². The van der Waals surface area contributed by atoms with E-state index in [9.17, 15) is 4.79 Å². The number of carbonyl (C=O) groups is 1. The normalized spacial score (nSPS) is 23.8. The Labute approximate surface area is 142 Å². The summed E-state index contributed by atoms with van der Waals surface area (Å²) in [4.78, 5) is 14.8.